The molecule has 5 aliphatic heterocycles. The Morgan fingerprint density at radius 3 is 2.73 bits per heavy atom. The molecular weight excluding hydrogens is 520 g/mol. The number of aliphatic carboxylic acids is 1. The van der Waals surface area contributed by atoms with Crippen LogP contribution in [0.3, 0.4) is 0 Å². The predicted octanol–water partition coefficient (Wildman–Crippen LogP) is 4.65. The monoisotopic (exact) mass is 554 g/mol. The summed E-state index contributed by atoms with van der Waals surface area (Å²) < 4.78 is 13.5. The lowest BCUT2D eigenvalue weighted by molar-refractivity contribution is -0.137. The van der Waals surface area contributed by atoms with Crippen LogP contribution < -0.4 is 4.74 Å². The summed E-state index contributed by atoms with van der Waals surface area (Å²) in [7, 11) is 0. The molecule has 1 unspecified atom stereocenters. The number of ether oxygens (including phenoxy) is 2. The number of aromatic nitrogens is 3. The van der Waals surface area contributed by atoms with Gasteiger partial charge < -0.3 is 19.5 Å². The average Bonchev–Trinajstić information content (AvgIpc) is 3.38. The van der Waals surface area contributed by atoms with E-state index < -0.39 is 5.97 Å². The van der Waals surface area contributed by atoms with Gasteiger partial charge in [-0.2, -0.15) is 0 Å². The lowest BCUT2D eigenvalue weighted by Gasteiger charge is -2.30. The van der Waals surface area contributed by atoms with Crippen LogP contribution in [0, 0.1) is 13.8 Å². The molecule has 0 aliphatic carbocycles. The molecule has 1 amide bonds. The first kappa shape index (κ1) is 27.0. The highest BCUT2D eigenvalue weighted by Gasteiger charge is 2.27. The number of nitrogens with zero attached hydrogens (tertiary/aromatic N) is 4. The van der Waals surface area contributed by atoms with Crippen LogP contribution in [0.4, 0.5) is 0 Å². The second-order valence-corrected chi connectivity index (χ2v) is 10.9. The van der Waals surface area contributed by atoms with Crippen molar-refractivity contribution in [2.24, 2.45) is 0 Å². The topological polar surface area (TPSA) is 107 Å². The van der Waals surface area contributed by atoms with E-state index in [2.05, 4.69) is 22.4 Å². The molecule has 9 nitrogen and oxygen atoms in total. The van der Waals surface area contributed by atoms with Crippen LogP contribution >= 0.6 is 0 Å². The molecule has 0 spiro atoms. The van der Waals surface area contributed by atoms with Crippen LogP contribution in [-0.2, 0) is 29.0 Å². The first-order valence-electron chi connectivity index (χ1n) is 14.2. The number of amides is 1. The minimum absolute atomic E-state index is 0.0155. The van der Waals surface area contributed by atoms with Gasteiger partial charge in [-0.1, -0.05) is 29.5 Å². The third kappa shape index (κ3) is 5.41. The van der Waals surface area contributed by atoms with Crippen molar-refractivity contribution in [2.75, 3.05) is 26.4 Å². The van der Waals surface area contributed by atoms with E-state index in [0.717, 1.165) is 51.7 Å². The van der Waals surface area contributed by atoms with Crippen molar-refractivity contribution in [3.8, 4) is 5.75 Å². The van der Waals surface area contributed by atoms with Crippen molar-refractivity contribution in [3.63, 3.8) is 0 Å². The molecule has 0 saturated heterocycles. The Morgan fingerprint density at radius 2 is 1.90 bits per heavy atom. The highest BCUT2D eigenvalue weighted by atomic mass is 16.5. The number of carbonyl (C=O) groups is 2. The number of carboxylic acids is 1. The summed E-state index contributed by atoms with van der Waals surface area (Å²) in [6, 6.07) is 15.8. The Morgan fingerprint density at radius 1 is 1.02 bits per heavy atom. The van der Waals surface area contributed by atoms with Crippen LogP contribution in [0.1, 0.15) is 62.5 Å². The van der Waals surface area contributed by atoms with Gasteiger partial charge in [0.2, 0.25) is 0 Å². The quantitative estimate of drug-likeness (QED) is 0.384. The van der Waals surface area contributed by atoms with Gasteiger partial charge in [0.25, 0.3) is 5.91 Å². The van der Waals surface area contributed by atoms with Gasteiger partial charge >= 0.3 is 5.97 Å². The van der Waals surface area contributed by atoms with Gasteiger partial charge in [-0.25, -0.2) is 4.68 Å². The summed E-state index contributed by atoms with van der Waals surface area (Å²) in [6.45, 7) is 7.12. The number of benzene rings is 3. The summed E-state index contributed by atoms with van der Waals surface area (Å²) in [4.78, 5) is 27.5. The van der Waals surface area contributed by atoms with Crippen LogP contribution in [0.2, 0.25) is 0 Å². The number of hydrogen-bond acceptors (Lipinski definition) is 6. The number of carboxylic acid groups (broad SMARTS) is 1. The average molecular weight is 555 g/mol. The summed E-state index contributed by atoms with van der Waals surface area (Å²) in [5, 5.41) is 18.7. The molecule has 0 fully saturated rings. The maximum atomic E-state index is 13.6. The third-order valence-corrected chi connectivity index (χ3v) is 8.25. The van der Waals surface area contributed by atoms with E-state index in [0.29, 0.717) is 50.8 Å². The lowest BCUT2D eigenvalue weighted by Crippen LogP contribution is -2.36. The van der Waals surface area contributed by atoms with Crippen molar-refractivity contribution in [1.29, 1.82) is 0 Å². The Labute approximate surface area is 238 Å². The van der Waals surface area contributed by atoms with Gasteiger partial charge in [0.15, 0.2) is 0 Å². The van der Waals surface area contributed by atoms with Crippen molar-refractivity contribution in [2.45, 2.75) is 52.1 Å². The van der Waals surface area contributed by atoms with E-state index in [-0.39, 0.29) is 18.2 Å². The zero-order valence-electron chi connectivity index (χ0n) is 23.4. The maximum absolute atomic E-state index is 13.6. The Hall–Kier alpha value is -4.24. The second kappa shape index (κ2) is 11.3. The first-order valence-corrected chi connectivity index (χ1v) is 14.2. The molecule has 1 atom stereocenters. The van der Waals surface area contributed by atoms with Gasteiger partial charge in [-0.3, -0.25) is 9.59 Å². The zero-order valence-corrected chi connectivity index (χ0v) is 23.4. The van der Waals surface area contributed by atoms with Crippen molar-refractivity contribution in [3.05, 3.63) is 87.5 Å². The van der Waals surface area contributed by atoms with E-state index in [4.69, 9.17) is 9.47 Å². The molecule has 3 aromatic carbocycles. The highest BCUT2D eigenvalue weighted by Crippen LogP contribution is 2.35. The smallest absolute Gasteiger partial charge is 0.304 e. The molecule has 6 heterocycles. The van der Waals surface area contributed by atoms with Gasteiger partial charge in [0.1, 0.15) is 17.9 Å². The third-order valence-electron chi connectivity index (χ3n) is 8.25. The fourth-order valence-corrected chi connectivity index (χ4v) is 6.05. The van der Waals surface area contributed by atoms with Crippen LogP contribution in [0.5, 0.6) is 5.75 Å². The van der Waals surface area contributed by atoms with Gasteiger partial charge in [0, 0.05) is 37.7 Å². The number of hydrogen-bond donors (Lipinski definition) is 1. The van der Waals surface area contributed by atoms with Crippen molar-refractivity contribution >= 4 is 22.9 Å². The summed E-state index contributed by atoms with van der Waals surface area (Å²) >= 11 is 0. The van der Waals surface area contributed by atoms with Gasteiger partial charge in [-0.05, 0) is 84.3 Å². The molecule has 5 aliphatic rings. The molecule has 0 radical (unpaired) electrons. The van der Waals surface area contributed by atoms with E-state index in [1.54, 1.807) is 0 Å². The Bertz CT molecular complexity index is 1630. The molecule has 212 valence electrons. The van der Waals surface area contributed by atoms with E-state index >= 15 is 0 Å². The summed E-state index contributed by atoms with van der Waals surface area (Å²) in [5.74, 6) is -0.530. The SMILES string of the molecule is Cc1cc2ccc1C(=O)N1CCc3ccc(cc3C1)C(CC(=O)O)c1ccc3c(nnn3CCCOCCO2)c1C. The Kier molecular flexibility index (Phi) is 7.45. The molecular formula is C32H34N4O5. The molecule has 1 aromatic heterocycles. The number of aryl methyl sites for hydroxylation is 3. The largest absolute Gasteiger partial charge is 0.491 e. The minimum Gasteiger partial charge on any atom is -0.491 e. The summed E-state index contributed by atoms with van der Waals surface area (Å²) in [5.41, 5.74) is 8.24. The van der Waals surface area contributed by atoms with Crippen LogP contribution in [-0.4, -0.2) is 63.2 Å². The molecule has 1 N–H and O–H groups in total. The normalized spacial score (nSPS) is 17.9. The van der Waals surface area contributed by atoms with E-state index in [1.807, 2.05) is 59.8 Å². The van der Waals surface area contributed by atoms with Crippen LogP contribution in [0.25, 0.3) is 11.0 Å². The highest BCUT2D eigenvalue weighted by molar-refractivity contribution is 5.96. The standard InChI is InChI=1S/C32H34N4O5/c1-20-16-25-6-7-26(20)32(39)35-12-10-22-4-5-23(17-24(22)19-35)28(18-30(37)38)27-8-9-29-31(21(27)2)33-34-36(29)11-3-13-40-14-15-41-25/h4-9,16-17,28H,3,10-15,18-19H2,1-2H3,(H,37,38). The molecule has 9 bridgehead atoms. The number of carbonyl (C=O) groups excluding carboxylic acids is 1. The Balaban J connectivity index is 1.40. The van der Waals surface area contributed by atoms with Crippen molar-refractivity contribution < 1.29 is 24.2 Å². The van der Waals surface area contributed by atoms with Crippen molar-refractivity contribution in [1.82, 2.24) is 19.9 Å². The lowest BCUT2D eigenvalue weighted by atomic mass is 9.83. The predicted molar refractivity (Wildman–Crippen MR) is 153 cm³/mol. The van der Waals surface area contributed by atoms with E-state index in [9.17, 15) is 14.7 Å². The number of rotatable bonds is 2. The summed E-state index contributed by atoms with van der Waals surface area (Å²) in [6.07, 6.45) is 1.47. The molecule has 9 heteroatoms. The fraction of sp³-hybridized carbons (Fsp3) is 0.375. The fourth-order valence-electron chi connectivity index (χ4n) is 6.05. The molecule has 4 aromatic rings. The molecule has 0 saturated carbocycles. The van der Waals surface area contributed by atoms with E-state index in [1.165, 1.54) is 5.56 Å². The zero-order chi connectivity index (χ0) is 28.5. The minimum atomic E-state index is -0.868. The van der Waals surface area contributed by atoms with Gasteiger partial charge in [0.05, 0.1) is 18.5 Å². The van der Waals surface area contributed by atoms with Gasteiger partial charge in [-0.15, -0.1) is 5.10 Å². The second-order valence-electron chi connectivity index (χ2n) is 10.9. The molecule has 41 heavy (non-hydrogen) atoms. The first-order chi connectivity index (χ1) is 19.9. The molecule has 9 rings (SSSR count). The van der Waals surface area contributed by atoms with Crippen LogP contribution in [0.15, 0.2) is 48.5 Å². The maximum Gasteiger partial charge on any atom is 0.304 e.